The molecule has 6 heteroatoms. The number of aromatic hydroxyl groups is 1. The molecule has 0 radical (unpaired) electrons. The number of phenols is 1. The molecule has 2 unspecified atom stereocenters. The van der Waals surface area contributed by atoms with Gasteiger partial charge in [-0.15, -0.1) is 0 Å². The number of benzene rings is 1. The first-order valence-corrected chi connectivity index (χ1v) is 5.45. The fourth-order valence-corrected chi connectivity index (χ4v) is 1.28. The Morgan fingerprint density at radius 1 is 1.33 bits per heavy atom. The molecular formula is C12H16N2O4. The molecule has 1 aromatic carbocycles. The summed E-state index contributed by atoms with van der Waals surface area (Å²) in [7, 11) is 0. The summed E-state index contributed by atoms with van der Waals surface area (Å²) >= 11 is 0. The van der Waals surface area contributed by atoms with Crippen LogP contribution in [0.4, 0.5) is 5.69 Å². The van der Waals surface area contributed by atoms with Crippen LogP contribution in [0.15, 0.2) is 18.2 Å². The van der Waals surface area contributed by atoms with E-state index in [9.17, 15) is 14.7 Å². The number of aromatic carboxylic acids is 1. The normalized spacial score (nSPS) is 13.7. The third-order valence-electron chi connectivity index (χ3n) is 2.70. The van der Waals surface area contributed by atoms with Gasteiger partial charge in [0, 0.05) is 11.7 Å². The lowest BCUT2D eigenvalue weighted by Gasteiger charge is -2.15. The van der Waals surface area contributed by atoms with Gasteiger partial charge >= 0.3 is 5.97 Å². The van der Waals surface area contributed by atoms with Crippen molar-refractivity contribution in [3.63, 3.8) is 0 Å². The van der Waals surface area contributed by atoms with Crippen molar-refractivity contribution < 1.29 is 19.8 Å². The van der Waals surface area contributed by atoms with E-state index in [1.165, 1.54) is 18.2 Å². The average Bonchev–Trinajstić information content (AvgIpc) is 2.29. The first-order chi connectivity index (χ1) is 8.32. The molecule has 98 valence electrons. The van der Waals surface area contributed by atoms with E-state index in [0.29, 0.717) is 5.69 Å². The maximum Gasteiger partial charge on any atom is 0.339 e. The fourth-order valence-electron chi connectivity index (χ4n) is 1.28. The molecule has 6 nitrogen and oxygen atoms in total. The van der Waals surface area contributed by atoms with Crippen LogP contribution in [-0.4, -0.2) is 28.1 Å². The highest BCUT2D eigenvalue weighted by atomic mass is 16.4. The van der Waals surface area contributed by atoms with Gasteiger partial charge in [0.05, 0.1) is 5.92 Å². The van der Waals surface area contributed by atoms with E-state index in [1.54, 1.807) is 13.8 Å². The molecule has 1 rings (SSSR count). The number of hydrogen-bond donors (Lipinski definition) is 4. The molecule has 2 atom stereocenters. The van der Waals surface area contributed by atoms with E-state index in [0.717, 1.165) is 0 Å². The van der Waals surface area contributed by atoms with E-state index >= 15 is 0 Å². The molecule has 0 saturated carbocycles. The van der Waals surface area contributed by atoms with Gasteiger partial charge in [0.15, 0.2) is 0 Å². The maximum atomic E-state index is 11.7. The molecule has 5 N–H and O–H groups in total. The Morgan fingerprint density at radius 2 is 1.94 bits per heavy atom. The second-order valence-corrected chi connectivity index (χ2v) is 4.17. The Kier molecular flexibility index (Phi) is 4.28. The minimum Gasteiger partial charge on any atom is -0.507 e. The number of rotatable bonds is 4. The SMILES string of the molecule is CC(N)C(C)C(=O)Nc1ccc(O)c(C(=O)O)c1. The smallest absolute Gasteiger partial charge is 0.339 e. The van der Waals surface area contributed by atoms with Crippen molar-refractivity contribution >= 4 is 17.6 Å². The Labute approximate surface area is 104 Å². The first-order valence-electron chi connectivity index (χ1n) is 5.45. The van der Waals surface area contributed by atoms with Gasteiger partial charge in [-0.1, -0.05) is 6.92 Å². The minimum atomic E-state index is -1.26. The standard InChI is InChI=1S/C12H16N2O4/c1-6(7(2)13)11(16)14-8-3-4-10(15)9(5-8)12(17)18/h3-7,15H,13H2,1-2H3,(H,14,16)(H,17,18). The van der Waals surface area contributed by atoms with Gasteiger partial charge in [0.1, 0.15) is 11.3 Å². The summed E-state index contributed by atoms with van der Waals surface area (Å²) in [5, 5.41) is 20.7. The highest BCUT2D eigenvalue weighted by molar-refractivity contribution is 5.96. The Bertz CT molecular complexity index is 471. The predicted octanol–water partition coefficient (Wildman–Crippen LogP) is 1.01. The molecule has 1 aromatic rings. The molecule has 18 heavy (non-hydrogen) atoms. The number of amides is 1. The van der Waals surface area contributed by atoms with E-state index in [4.69, 9.17) is 10.8 Å². The quantitative estimate of drug-likeness (QED) is 0.597. The molecule has 0 aliphatic rings. The van der Waals surface area contributed by atoms with Crippen LogP contribution in [0.5, 0.6) is 5.75 Å². The van der Waals surface area contributed by atoms with Gasteiger partial charge in [-0.3, -0.25) is 4.79 Å². The van der Waals surface area contributed by atoms with Crippen molar-refractivity contribution in [2.45, 2.75) is 19.9 Å². The Morgan fingerprint density at radius 3 is 2.44 bits per heavy atom. The molecule has 1 amide bonds. The molecule has 0 spiro atoms. The van der Waals surface area contributed by atoms with Gasteiger partial charge in [0.25, 0.3) is 0 Å². The van der Waals surface area contributed by atoms with Crippen molar-refractivity contribution in [3.05, 3.63) is 23.8 Å². The summed E-state index contributed by atoms with van der Waals surface area (Å²) in [4.78, 5) is 22.5. The maximum absolute atomic E-state index is 11.7. The van der Waals surface area contributed by atoms with Crippen molar-refractivity contribution in [1.29, 1.82) is 0 Å². The zero-order valence-corrected chi connectivity index (χ0v) is 10.2. The van der Waals surface area contributed by atoms with Crippen LogP contribution < -0.4 is 11.1 Å². The van der Waals surface area contributed by atoms with Crippen molar-refractivity contribution in [2.75, 3.05) is 5.32 Å². The monoisotopic (exact) mass is 252 g/mol. The lowest BCUT2D eigenvalue weighted by Crippen LogP contribution is -2.34. The van der Waals surface area contributed by atoms with Crippen molar-refractivity contribution in [3.8, 4) is 5.75 Å². The van der Waals surface area contributed by atoms with Crippen molar-refractivity contribution in [1.82, 2.24) is 0 Å². The van der Waals surface area contributed by atoms with Crippen LogP contribution in [0, 0.1) is 5.92 Å². The molecule has 0 aliphatic heterocycles. The first kappa shape index (κ1) is 14.0. The van der Waals surface area contributed by atoms with Crippen LogP contribution in [0.25, 0.3) is 0 Å². The van der Waals surface area contributed by atoms with Crippen LogP contribution in [0.3, 0.4) is 0 Å². The molecule has 0 aromatic heterocycles. The number of carboxylic acids is 1. The lowest BCUT2D eigenvalue weighted by molar-refractivity contribution is -0.119. The van der Waals surface area contributed by atoms with Crippen LogP contribution in [0.1, 0.15) is 24.2 Å². The second kappa shape index (κ2) is 5.50. The number of nitrogens with two attached hydrogens (primary N) is 1. The topological polar surface area (TPSA) is 113 Å². The number of carbonyl (C=O) groups is 2. The molecule has 0 fully saturated rings. The van der Waals surface area contributed by atoms with Crippen LogP contribution in [0.2, 0.25) is 0 Å². The summed E-state index contributed by atoms with van der Waals surface area (Å²) in [6, 6.07) is 3.54. The van der Waals surface area contributed by atoms with Gasteiger partial charge in [-0.25, -0.2) is 4.79 Å². The van der Waals surface area contributed by atoms with Gasteiger partial charge in [0.2, 0.25) is 5.91 Å². The summed E-state index contributed by atoms with van der Waals surface area (Å²) in [6.07, 6.45) is 0. The summed E-state index contributed by atoms with van der Waals surface area (Å²) < 4.78 is 0. The highest BCUT2D eigenvalue weighted by Gasteiger charge is 2.18. The molecule has 0 saturated heterocycles. The number of nitrogens with one attached hydrogen (secondary N) is 1. The van der Waals surface area contributed by atoms with Gasteiger partial charge in [-0.2, -0.15) is 0 Å². The summed E-state index contributed by atoms with van der Waals surface area (Å²) in [6.45, 7) is 3.39. The molecule has 0 aliphatic carbocycles. The van der Waals surface area contributed by atoms with Crippen molar-refractivity contribution in [2.24, 2.45) is 11.7 Å². The second-order valence-electron chi connectivity index (χ2n) is 4.17. The molecule has 0 heterocycles. The van der Waals surface area contributed by atoms with E-state index in [-0.39, 0.29) is 23.3 Å². The fraction of sp³-hybridized carbons (Fsp3) is 0.333. The highest BCUT2D eigenvalue weighted by Crippen LogP contribution is 2.21. The average molecular weight is 252 g/mol. The number of hydrogen-bond acceptors (Lipinski definition) is 4. The largest absolute Gasteiger partial charge is 0.507 e. The number of carboxylic acid groups (broad SMARTS) is 1. The summed E-state index contributed by atoms with van der Waals surface area (Å²) in [5.41, 5.74) is 5.64. The molecule has 0 bridgehead atoms. The van der Waals surface area contributed by atoms with Crippen LogP contribution in [-0.2, 0) is 4.79 Å². The zero-order valence-electron chi connectivity index (χ0n) is 10.2. The zero-order chi connectivity index (χ0) is 13.9. The van der Waals surface area contributed by atoms with Gasteiger partial charge in [-0.05, 0) is 25.1 Å². The van der Waals surface area contributed by atoms with E-state index in [1.807, 2.05) is 0 Å². The minimum absolute atomic E-state index is 0.263. The third-order valence-corrected chi connectivity index (χ3v) is 2.70. The number of anilines is 1. The van der Waals surface area contributed by atoms with E-state index in [2.05, 4.69) is 5.32 Å². The van der Waals surface area contributed by atoms with Crippen LogP contribution >= 0.6 is 0 Å². The predicted molar refractivity (Wildman–Crippen MR) is 66.5 cm³/mol. The molecular weight excluding hydrogens is 236 g/mol. The number of carbonyl (C=O) groups excluding carboxylic acids is 1. The lowest BCUT2D eigenvalue weighted by atomic mass is 10.0. The Balaban J connectivity index is 2.89. The van der Waals surface area contributed by atoms with Gasteiger partial charge < -0.3 is 21.3 Å². The van der Waals surface area contributed by atoms with E-state index < -0.39 is 11.9 Å². The summed E-state index contributed by atoms with van der Waals surface area (Å²) in [5.74, 6) is -2.30. The third kappa shape index (κ3) is 3.21. The Hall–Kier alpha value is -2.08.